The highest BCUT2D eigenvalue weighted by molar-refractivity contribution is 5.42. The number of nitrogens with zero attached hydrogens (tertiary/aromatic N) is 1. The van der Waals surface area contributed by atoms with Gasteiger partial charge in [0.25, 0.3) is 0 Å². The van der Waals surface area contributed by atoms with Gasteiger partial charge in [-0.2, -0.15) is 0 Å². The van der Waals surface area contributed by atoms with Crippen molar-refractivity contribution in [3.05, 3.63) is 59.4 Å². The van der Waals surface area contributed by atoms with Crippen LogP contribution in [-0.4, -0.2) is 39.3 Å². The zero-order valence-corrected chi connectivity index (χ0v) is 15.4. The largest absolute Gasteiger partial charge is 0.493 e. The van der Waals surface area contributed by atoms with Crippen molar-refractivity contribution in [2.24, 2.45) is 0 Å². The molecule has 1 N–H and O–H groups in total. The molecule has 1 unspecified atom stereocenters. The van der Waals surface area contributed by atoms with Crippen molar-refractivity contribution >= 4 is 0 Å². The van der Waals surface area contributed by atoms with Crippen LogP contribution in [0.5, 0.6) is 11.5 Å². The Bertz CT molecular complexity index is 659. The number of methoxy groups -OCH3 is 1. The van der Waals surface area contributed by atoms with E-state index in [1.807, 2.05) is 51.4 Å². The quantitative estimate of drug-likeness (QED) is 0.752. The summed E-state index contributed by atoms with van der Waals surface area (Å²) in [5.74, 6) is 1.28. The summed E-state index contributed by atoms with van der Waals surface area (Å²) in [5, 5.41) is 3.47. The highest BCUT2D eigenvalue weighted by Gasteiger charge is 2.14. The van der Waals surface area contributed by atoms with Crippen molar-refractivity contribution in [2.45, 2.75) is 19.5 Å². The molecule has 0 aliphatic carbocycles. The van der Waals surface area contributed by atoms with Crippen LogP contribution < -0.4 is 14.8 Å². The summed E-state index contributed by atoms with van der Waals surface area (Å²) in [6.07, 6.45) is 0. The lowest BCUT2D eigenvalue weighted by atomic mass is 10.1. The van der Waals surface area contributed by atoms with Crippen molar-refractivity contribution in [2.75, 3.05) is 34.4 Å². The van der Waals surface area contributed by atoms with Gasteiger partial charge in [0, 0.05) is 19.1 Å². The van der Waals surface area contributed by atoms with Crippen LogP contribution in [0.4, 0.5) is 4.39 Å². The minimum atomic E-state index is -0.212. The molecule has 0 spiro atoms. The van der Waals surface area contributed by atoms with Gasteiger partial charge in [0.1, 0.15) is 5.82 Å². The van der Waals surface area contributed by atoms with E-state index in [-0.39, 0.29) is 11.9 Å². The molecule has 0 bridgehead atoms. The first-order valence-electron chi connectivity index (χ1n) is 8.47. The number of ether oxygens (including phenoxy) is 2. The minimum Gasteiger partial charge on any atom is -0.493 e. The maximum atomic E-state index is 13.1. The summed E-state index contributed by atoms with van der Waals surface area (Å²) in [4.78, 5) is 2.12. The highest BCUT2D eigenvalue weighted by Crippen LogP contribution is 2.28. The Kier molecular flexibility index (Phi) is 7.22. The molecule has 25 heavy (non-hydrogen) atoms. The molecule has 0 radical (unpaired) electrons. The van der Waals surface area contributed by atoms with Gasteiger partial charge in [0.05, 0.1) is 13.7 Å². The maximum absolute atomic E-state index is 13.1. The zero-order chi connectivity index (χ0) is 18.2. The van der Waals surface area contributed by atoms with Gasteiger partial charge in [-0.05, 0) is 56.4 Å². The van der Waals surface area contributed by atoms with Crippen LogP contribution in [0.15, 0.2) is 42.5 Å². The van der Waals surface area contributed by atoms with Crippen LogP contribution in [0.2, 0.25) is 0 Å². The Morgan fingerprint density at radius 2 is 1.80 bits per heavy atom. The molecule has 2 aromatic carbocycles. The normalized spacial score (nSPS) is 12.2. The second-order valence-corrected chi connectivity index (χ2v) is 6.08. The fraction of sp³-hybridized carbons (Fsp3) is 0.400. The van der Waals surface area contributed by atoms with Crippen LogP contribution in [0.25, 0.3) is 0 Å². The predicted molar refractivity (Wildman–Crippen MR) is 98.7 cm³/mol. The first kappa shape index (κ1) is 19.2. The lowest BCUT2D eigenvalue weighted by Crippen LogP contribution is -2.30. The van der Waals surface area contributed by atoms with Crippen LogP contribution in [0, 0.1) is 5.82 Å². The Balaban J connectivity index is 1.99. The molecule has 0 aromatic heterocycles. The minimum absolute atomic E-state index is 0.171. The summed E-state index contributed by atoms with van der Waals surface area (Å²) in [5.41, 5.74) is 2.21. The SMILES string of the molecule is CCOc1ccc(CNCC(c2ccc(F)cc2)N(C)C)cc1OC. The number of hydrogen-bond donors (Lipinski definition) is 1. The molecule has 0 aliphatic rings. The molecule has 0 heterocycles. The van der Waals surface area contributed by atoms with Crippen molar-refractivity contribution in [3.8, 4) is 11.5 Å². The molecule has 2 aromatic rings. The highest BCUT2D eigenvalue weighted by atomic mass is 19.1. The van der Waals surface area contributed by atoms with E-state index in [1.54, 1.807) is 7.11 Å². The average Bonchev–Trinajstić information content (AvgIpc) is 2.60. The summed E-state index contributed by atoms with van der Waals surface area (Å²) >= 11 is 0. The fourth-order valence-electron chi connectivity index (χ4n) is 2.73. The van der Waals surface area contributed by atoms with Crippen molar-refractivity contribution in [1.29, 1.82) is 0 Å². The molecule has 0 aliphatic heterocycles. The third kappa shape index (κ3) is 5.44. The molecular formula is C20H27FN2O2. The summed E-state index contributed by atoms with van der Waals surface area (Å²) in [6, 6.07) is 12.8. The van der Waals surface area contributed by atoms with E-state index < -0.39 is 0 Å². The number of benzene rings is 2. The second-order valence-electron chi connectivity index (χ2n) is 6.08. The van der Waals surface area contributed by atoms with Crippen LogP contribution >= 0.6 is 0 Å². The first-order valence-corrected chi connectivity index (χ1v) is 8.47. The molecule has 0 saturated carbocycles. The Labute approximate surface area is 149 Å². The molecule has 5 heteroatoms. The topological polar surface area (TPSA) is 33.7 Å². The third-order valence-electron chi connectivity index (χ3n) is 4.07. The van der Waals surface area contributed by atoms with Gasteiger partial charge in [0.15, 0.2) is 11.5 Å². The van der Waals surface area contributed by atoms with Gasteiger partial charge in [-0.3, -0.25) is 0 Å². The molecule has 0 fully saturated rings. The Morgan fingerprint density at radius 3 is 2.40 bits per heavy atom. The lowest BCUT2D eigenvalue weighted by Gasteiger charge is -2.25. The Morgan fingerprint density at radius 1 is 1.08 bits per heavy atom. The smallest absolute Gasteiger partial charge is 0.161 e. The standard InChI is InChI=1S/C20H27FN2O2/c1-5-25-19-11-6-15(12-20(19)24-4)13-22-14-18(23(2)3)16-7-9-17(21)10-8-16/h6-12,18,22H,5,13-14H2,1-4H3. The third-order valence-corrected chi connectivity index (χ3v) is 4.07. The van der Waals surface area contributed by atoms with E-state index in [1.165, 1.54) is 12.1 Å². The van der Waals surface area contributed by atoms with Gasteiger partial charge in [-0.25, -0.2) is 4.39 Å². The predicted octanol–water partition coefficient (Wildman–Crippen LogP) is 3.63. The lowest BCUT2D eigenvalue weighted by molar-refractivity contribution is 0.288. The average molecular weight is 346 g/mol. The van der Waals surface area contributed by atoms with E-state index >= 15 is 0 Å². The molecule has 2 rings (SSSR count). The van der Waals surface area contributed by atoms with Crippen molar-refractivity contribution < 1.29 is 13.9 Å². The number of nitrogens with one attached hydrogen (secondary N) is 1. The van der Waals surface area contributed by atoms with Gasteiger partial charge in [-0.1, -0.05) is 18.2 Å². The molecular weight excluding hydrogens is 319 g/mol. The molecule has 0 saturated heterocycles. The first-order chi connectivity index (χ1) is 12.0. The van der Waals surface area contributed by atoms with E-state index in [0.717, 1.165) is 29.2 Å². The van der Waals surface area contributed by atoms with E-state index in [0.29, 0.717) is 13.2 Å². The molecule has 1 atom stereocenters. The van der Waals surface area contributed by atoms with Crippen LogP contribution in [-0.2, 0) is 6.54 Å². The van der Waals surface area contributed by atoms with Crippen molar-refractivity contribution in [3.63, 3.8) is 0 Å². The number of likely N-dealkylation sites (N-methyl/N-ethyl adjacent to an activating group) is 1. The van der Waals surface area contributed by atoms with Gasteiger partial charge >= 0.3 is 0 Å². The summed E-state index contributed by atoms with van der Waals surface area (Å²) in [6.45, 7) is 4.03. The van der Waals surface area contributed by atoms with Gasteiger partial charge in [-0.15, -0.1) is 0 Å². The van der Waals surface area contributed by atoms with Crippen LogP contribution in [0.3, 0.4) is 0 Å². The fourth-order valence-corrected chi connectivity index (χ4v) is 2.73. The monoisotopic (exact) mass is 346 g/mol. The number of rotatable bonds is 9. The van der Waals surface area contributed by atoms with Crippen molar-refractivity contribution in [1.82, 2.24) is 10.2 Å². The summed E-state index contributed by atoms with van der Waals surface area (Å²) < 4.78 is 24.1. The van der Waals surface area contributed by atoms with Gasteiger partial charge in [0.2, 0.25) is 0 Å². The molecule has 136 valence electrons. The Hall–Kier alpha value is -2.11. The van der Waals surface area contributed by atoms with E-state index in [4.69, 9.17) is 9.47 Å². The number of halogens is 1. The summed E-state index contributed by atoms with van der Waals surface area (Å²) in [7, 11) is 5.69. The molecule has 4 nitrogen and oxygen atoms in total. The van der Waals surface area contributed by atoms with Crippen LogP contribution in [0.1, 0.15) is 24.1 Å². The van der Waals surface area contributed by atoms with E-state index in [9.17, 15) is 4.39 Å². The van der Waals surface area contributed by atoms with E-state index in [2.05, 4.69) is 10.2 Å². The van der Waals surface area contributed by atoms with Gasteiger partial charge < -0.3 is 19.7 Å². The molecule has 0 amide bonds. The second kappa shape index (κ2) is 9.39. The number of hydrogen-bond acceptors (Lipinski definition) is 4. The maximum Gasteiger partial charge on any atom is 0.161 e. The zero-order valence-electron chi connectivity index (χ0n) is 15.4.